The zero-order chi connectivity index (χ0) is 25.0. The van der Waals surface area contributed by atoms with Gasteiger partial charge in [-0.25, -0.2) is 0 Å². The van der Waals surface area contributed by atoms with Crippen LogP contribution in [-0.2, 0) is 15.8 Å². The Morgan fingerprint density at radius 3 is 2.18 bits per heavy atom. The van der Waals surface area contributed by atoms with Crippen LogP contribution in [-0.4, -0.2) is 53.3 Å². The number of piperidine rings is 1. The highest BCUT2D eigenvalue weighted by Crippen LogP contribution is 2.34. The summed E-state index contributed by atoms with van der Waals surface area (Å²) in [6.07, 6.45) is -0.404. The Bertz CT molecular complexity index is 1040. The fourth-order valence-electron chi connectivity index (χ4n) is 4.71. The van der Waals surface area contributed by atoms with Crippen molar-refractivity contribution in [1.82, 2.24) is 10.2 Å². The molecule has 2 saturated heterocycles. The Morgan fingerprint density at radius 1 is 1.12 bits per heavy atom. The van der Waals surface area contributed by atoms with Gasteiger partial charge in [0.1, 0.15) is 5.71 Å². The van der Waals surface area contributed by atoms with Gasteiger partial charge in [0, 0.05) is 29.4 Å². The Kier molecular flexibility index (Phi) is 7.61. The number of anilines is 1. The maximum Gasteiger partial charge on any atom is 0.416 e. The molecule has 2 aliphatic heterocycles. The van der Waals surface area contributed by atoms with E-state index in [1.807, 2.05) is 0 Å². The van der Waals surface area contributed by atoms with Crippen LogP contribution in [0.2, 0.25) is 0 Å². The van der Waals surface area contributed by atoms with E-state index >= 15 is 0 Å². The smallest absolute Gasteiger partial charge is 0.416 e. The zero-order valence-corrected chi connectivity index (χ0v) is 18.6. The summed E-state index contributed by atoms with van der Waals surface area (Å²) in [7, 11) is 2.12. The monoisotopic (exact) mass is 476 g/mol. The second-order valence-electron chi connectivity index (χ2n) is 8.55. The molecule has 0 aromatic heterocycles. The predicted octanol–water partition coefficient (Wildman–Crippen LogP) is 3.76. The Morgan fingerprint density at radius 2 is 1.65 bits per heavy atom. The topological polar surface area (TPSA) is 120 Å². The van der Waals surface area contributed by atoms with Crippen LogP contribution in [0.25, 0.3) is 11.1 Å². The number of alkyl halides is 3. The minimum Gasteiger partial charge on any atom is -0.483 e. The van der Waals surface area contributed by atoms with Crippen molar-refractivity contribution in [2.75, 3.05) is 12.8 Å². The molecule has 1 amide bonds. The lowest BCUT2D eigenvalue weighted by atomic mass is 9.96. The van der Waals surface area contributed by atoms with Gasteiger partial charge in [-0.15, -0.1) is 0 Å². The second-order valence-corrected chi connectivity index (χ2v) is 8.55. The fraction of sp³-hybridized carbons (Fsp3) is 0.375. The predicted molar refractivity (Wildman–Crippen MR) is 123 cm³/mol. The summed E-state index contributed by atoms with van der Waals surface area (Å²) in [5.74, 6) is -0.481. The lowest BCUT2D eigenvalue weighted by Crippen LogP contribution is -2.50. The number of hydrogen-bond acceptors (Lipinski definition) is 5. The van der Waals surface area contributed by atoms with Crippen molar-refractivity contribution in [3.8, 4) is 11.1 Å². The van der Waals surface area contributed by atoms with Crippen molar-refractivity contribution >= 4 is 23.8 Å². The molecule has 2 aromatic carbocycles. The highest BCUT2D eigenvalue weighted by Gasteiger charge is 2.39. The van der Waals surface area contributed by atoms with E-state index in [9.17, 15) is 18.0 Å². The van der Waals surface area contributed by atoms with Crippen LogP contribution in [0.4, 0.5) is 18.9 Å². The molecule has 0 saturated carbocycles. The van der Waals surface area contributed by atoms with Gasteiger partial charge in [-0.05, 0) is 68.1 Å². The van der Waals surface area contributed by atoms with Crippen molar-refractivity contribution in [2.45, 2.75) is 50.0 Å². The number of rotatable bonds is 4. The number of carbonyl (C=O) groups is 2. The number of nitrogen functional groups attached to an aromatic ring is 1. The summed E-state index contributed by atoms with van der Waals surface area (Å²) in [4.78, 5) is 23.5. The van der Waals surface area contributed by atoms with E-state index in [2.05, 4.69) is 17.3 Å². The Labute approximate surface area is 195 Å². The van der Waals surface area contributed by atoms with E-state index < -0.39 is 17.6 Å². The van der Waals surface area contributed by atoms with Gasteiger partial charge < -0.3 is 21.1 Å². The highest BCUT2D eigenvalue weighted by molar-refractivity contribution is 6.45. The second kappa shape index (κ2) is 10.3. The molecule has 2 fully saturated rings. The number of nitrogens with one attached hydrogen (secondary N) is 2. The maximum atomic E-state index is 12.8. The molecule has 2 aliphatic rings. The highest BCUT2D eigenvalue weighted by atomic mass is 19.4. The molecule has 0 spiro atoms. The van der Waals surface area contributed by atoms with Crippen LogP contribution in [0.1, 0.15) is 36.8 Å². The molecule has 2 atom stereocenters. The number of halogens is 3. The lowest BCUT2D eigenvalue weighted by Gasteiger charge is -2.36. The summed E-state index contributed by atoms with van der Waals surface area (Å²) in [5, 5.41) is 18.2. The molecule has 2 unspecified atom stereocenters. The van der Waals surface area contributed by atoms with Crippen molar-refractivity contribution in [3.05, 3.63) is 53.6 Å². The largest absolute Gasteiger partial charge is 0.483 e. The molecular weight excluding hydrogens is 449 g/mol. The molecule has 2 aromatic rings. The van der Waals surface area contributed by atoms with Crippen molar-refractivity contribution < 1.29 is 27.9 Å². The number of nitrogens with zero attached hydrogens (tertiary/aromatic N) is 1. The molecule has 7 nitrogen and oxygen atoms in total. The fourth-order valence-corrected chi connectivity index (χ4v) is 4.71. The van der Waals surface area contributed by atoms with Crippen LogP contribution in [0.5, 0.6) is 0 Å². The minimum atomic E-state index is -4.40. The van der Waals surface area contributed by atoms with Crippen LogP contribution in [0, 0.1) is 5.41 Å². The molecule has 4 rings (SSSR count). The number of nitrogens with two attached hydrogens (primary N) is 1. The molecular formula is C24H27F3N4O3. The zero-order valence-electron chi connectivity index (χ0n) is 18.6. The third-order valence-corrected chi connectivity index (χ3v) is 6.53. The van der Waals surface area contributed by atoms with Crippen LogP contribution < -0.4 is 11.1 Å². The van der Waals surface area contributed by atoms with Gasteiger partial charge in [0.2, 0.25) is 0 Å². The Balaban J connectivity index is 0.00000103. The summed E-state index contributed by atoms with van der Waals surface area (Å²) >= 11 is 0. The van der Waals surface area contributed by atoms with E-state index in [0.29, 0.717) is 23.2 Å². The summed E-state index contributed by atoms with van der Waals surface area (Å²) in [6, 6.07) is 10.5. The van der Waals surface area contributed by atoms with Crippen molar-refractivity contribution in [3.63, 3.8) is 0 Å². The van der Waals surface area contributed by atoms with Gasteiger partial charge in [0.05, 0.1) is 5.56 Å². The van der Waals surface area contributed by atoms with Gasteiger partial charge in [0.15, 0.2) is 0 Å². The Hall–Kier alpha value is -3.40. The minimum absolute atomic E-state index is 0.0286. The molecule has 0 radical (unpaired) electrons. The molecule has 10 heteroatoms. The molecule has 2 bridgehead atoms. The number of carboxylic acid groups (broad SMARTS) is 1. The standard InChI is InChI=1S/C23H25F3N4O.CH2O2/c1-30-17-7-8-18(30)12-16(11-17)29-22(31)21(28)19-10-14(4-9-20(19)27)13-2-5-15(6-3-13)23(24,25)26;2-1-3/h2-6,9-10,16-18,28H,7-8,11-12,27H2,1H3,(H,29,31);1H,(H,2,3). The maximum absolute atomic E-state index is 12.8. The van der Waals surface area contributed by atoms with Crippen LogP contribution in [0.15, 0.2) is 42.5 Å². The van der Waals surface area contributed by atoms with Crippen molar-refractivity contribution in [1.29, 1.82) is 5.41 Å². The van der Waals surface area contributed by atoms with E-state index in [1.165, 1.54) is 12.1 Å². The third-order valence-electron chi connectivity index (χ3n) is 6.53. The number of hydrogen-bond donors (Lipinski definition) is 4. The average Bonchev–Trinajstić information content (AvgIpc) is 2.99. The first-order valence-corrected chi connectivity index (χ1v) is 10.8. The summed E-state index contributed by atoms with van der Waals surface area (Å²) < 4.78 is 38.4. The number of benzene rings is 2. The van der Waals surface area contributed by atoms with E-state index in [4.69, 9.17) is 21.0 Å². The molecule has 0 aliphatic carbocycles. The number of fused-ring (bicyclic) bond motifs is 2. The molecule has 34 heavy (non-hydrogen) atoms. The first-order valence-electron chi connectivity index (χ1n) is 10.8. The lowest BCUT2D eigenvalue weighted by molar-refractivity contribution is -0.137. The molecule has 5 N–H and O–H groups in total. The van der Waals surface area contributed by atoms with Crippen LogP contribution >= 0.6 is 0 Å². The normalized spacial score (nSPS) is 21.8. The van der Waals surface area contributed by atoms with Gasteiger partial charge >= 0.3 is 6.18 Å². The first-order chi connectivity index (χ1) is 16.0. The van der Waals surface area contributed by atoms with Gasteiger partial charge in [0.25, 0.3) is 12.4 Å². The van der Waals surface area contributed by atoms with Gasteiger partial charge in [-0.1, -0.05) is 18.2 Å². The van der Waals surface area contributed by atoms with E-state index in [0.717, 1.165) is 37.8 Å². The van der Waals surface area contributed by atoms with Gasteiger partial charge in [-0.2, -0.15) is 13.2 Å². The quantitative estimate of drug-likeness (QED) is 0.304. The van der Waals surface area contributed by atoms with Crippen molar-refractivity contribution in [2.24, 2.45) is 0 Å². The van der Waals surface area contributed by atoms with Gasteiger partial charge in [-0.3, -0.25) is 15.0 Å². The van der Waals surface area contributed by atoms with E-state index in [1.54, 1.807) is 18.2 Å². The first kappa shape index (κ1) is 25.2. The third kappa shape index (κ3) is 5.56. The van der Waals surface area contributed by atoms with E-state index in [-0.39, 0.29) is 29.5 Å². The average molecular weight is 476 g/mol. The number of carbonyl (C=O) groups excluding carboxylic acids is 1. The summed E-state index contributed by atoms with van der Waals surface area (Å²) in [6.45, 7) is -0.250. The summed E-state index contributed by atoms with van der Waals surface area (Å²) in [5.41, 5.74) is 6.74. The SMILES string of the molecule is CN1C2CCC1CC(NC(=O)C(=N)c1cc(-c3ccc(C(F)(F)F)cc3)ccc1N)C2.O=CO. The number of amides is 1. The van der Waals surface area contributed by atoms with Crippen LogP contribution in [0.3, 0.4) is 0 Å². The molecule has 182 valence electrons. The molecule has 2 heterocycles.